The highest BCUT2D eigenvalue weighted by Gasteiger charge is 2.35. The maximum absolute atomic E-state index is 14.6. The van der Waals surface area contributed by atoms with Crippen LogP contribution in [0.4, 0.5) is 14.5 Å². The number of hydrogen-bond acceptors (Lipinski definition) is 6. The Bertz CT molecular complexity index is 1400. The fourth-order valence-electron chi connectivity index (χ4n) is 3.98. The van der Waals surface area contributed by atoms with Crippen LogP contribution in [0.1, 0.15) is 11.1 Å². The quantitative estimate of drug-likeness (QED) is 0.337. The summed E-state index contributed by atoms with van der Waals surface area (Å²) in [7, 11) is -1.96. The van der Waals surface area contributed by atoms with Crippen LogP contribution in [0.5, 0.6) is 0 Å². The lowest BCUT2D eigenvalue weighted by Gasteiger charge is -2.33. The Morgan fingerprint density at radius 3 is 2.42 bits per heavy atom. The maximum Gasteiger partial charge on any atom is 0.261 e. The van der Waals surface area contributed by atoms with Crippen molar-refractivity contribution in [2.24, 2.45) is 0 Å². The van der Waals surface area contributed by atoms with E-state index in [9.17, 15) is 22.3 Å². The molecule has 4 aromatic rings. The highest BCUT2D eigenvalue weighted by Crippen LogP contribution is 2.28. The summed E-state index contributed by atoms with van der Waals surface area (Å²) in [6.45, 7) is 0.270. The highest BCUT2D eigenvalue weighted by atomic mass is 32.2. The number of rotatable bonds is 10. The largest absolute Gasteiger partial charge is 0.382 e. The molecule has 1 atom stereocenters. The van der Waals surface area contributed by atoms with Crippen molar-refractivity contribution < 1.29 is 22.3 Å². The summed E-state index contributed by atoms with van der Waals surface area (Å²) in [4.78, 5) is 5.80. The fraction of sp³-hybridized carbons (Fsp3) is 0.200. The molecule has 0 amide bonds. The van der Waals surface area contributed by atoms with Crippen molar-refractivity contribution in [2.45, 2.75) is 23.6 Å². The first-order valence-corrected chi connectivity index (χ1v) is 12.5. The van der Waals surface area contributed by atoms with E-state index in [1.807, 2.05) is 0 Å². The predicted molar refractivity (Wildman–Crippen MR) is 130 cm³/mol. The van der Waals surface area contributed by atoms with Gasteiger partial charge in [-0.05, 0) is 42.9 Å². The van der Waals surface area contributed by atoms with E-state index in [2.05, 4.69) is 14.8 Å². The summed E-state index contributed by atoms with van der Waals surface area (Å²) in [5.74, 6) is -1.60. The number of halogens is 2. The second-order valence-electron chi connectivity index (χ2n) is 8.54. The highest BCUT2D eigenvalue weighted by molar-refractivity contribution is 7.92. The van der Waals surface area contributed by atoms with Gasteiger partial charge in [-0.15, -0.1) is 0 Å². The van der Waals surface area contributed by atoms with Gasteiger partial charge in [-0.25, -0.2) is 26.9 Å². The summed E-state index contributed by atoms with van der Waals surface area (Å²) in [5.41, 5.74) is -0.549. The Morgan fingerprint density at radius 1 is 1.06 bits per heavy atom. The molecule has 188 valence electrons. The normalized spacial score (nSPS) is 13.5. The number of benzene rings is 3. The van der Waals surface area contributed by atoms with Crippen molar-refractivity contribution in [3.8, 4) is 0 Å². The smallest absolute Gasteiger partial charge is 0.261 e. The van der Waals surface area contributed by atoms with Crippen LogP contribution >= 0.6 is 0 Å². The Hall–Kier alpha value is -3.67. The SMILES string of the molecule is CN(Cc1ccc(NS(=O)(=O)c2ccccc2)cc1)CC(O)(Cn1cncn1)c1ccc(F)cc1F. The number of aromatic nitrogens is 3. The molecular formula is C25H25F2N5O3S. The average Bonchev–Trinajstić information content (AvgIpc) is 3.33. The van der Waals surface area contributed by atoms with E-state index >= 15 is 0 Å². The molecule has 0 spiro atoms. The standard InChI is InChI=1S/C25H25F2N5O3S/c1-31(14-19-7-10-21(11-8-19)30-36(34,35)22-5-3-2-4-6-22)15-25(33,16-32-18-28-17-29-32)23-12-9-20(26)13-24(23)27/h2-13,17-18,30,33H,14-16H2,1H3. The van der Waals surface area contributed by atoms with Crippen LogP contribution in [-0.4, -0.2) is 46.8 Å². The summed E-state index contributed by atoms with van der Waals surface area (Å²) >= 11 is 0. The minimum absolute atomic E-state index is 0.00218. The van der Waals surface area contributed by atoms with Crippen LogP contribution in [0.2, 0.25) is 0 Å². The summed E-state index contributed by atoms with van der Waals surface area (Å²) < 4.78 is 57.1. The van der Waals surface area contributed by atoms with E-state index in [0.29, 0.717) is 12.2 Å². The van der Waals surface area contributed by atoms with Gasteiger partial charge >= 0.3 is 0 Å². The third kappa shape index (κ3) is 6.11. The first kappa shape index (κ1) is 25.4. The van der Waals surface area contributed by atoms with Crippen molar-refractivity contribution in [3.05, 3.63) is 108 Å². The van der Waals surface area contributed by atoms with E-state index < -0.39 is 27.3 Å². The first-order valence-electron chi connectivity index (χ1n) is 11.0. The molecule has 0 saturated heterocycles. The molecule has 0 bridgehead atoms. The number of nitrogens with zero attached hydrogens (tertiary/aromatic N) is 4. The molecule has 11 heteroatoms. The van der Waals surface area contributed by atoms with Gasteiger partial charge in [0.2, 0.25) is 0 Å². The van der Waals surface area contributed by atoms with Gasteiger partial charge in [-0.3, -0.25) is 9.62 Å². The topological polar surface area (TPSA) is 100 Å². The van der Waals surface area contributed by atoms with E-state index in [4.69, 9.17) is 0 Å². The lowest BCUT2D eigenvalue weighted by atomic mass is 9.92. The zero-order valence-electron chi connectivity index (χ0n) is 19.4. The third-order valence-electron chi connectivity index (χ3n) is 5.57. The van der Waals surface area contributed by atoms with Crippen LogP contribution in [0.3, 0.4) is 0 Å². The molecule has 1 heterocycles. The zero-order valence-corrected chi connectivity index (χ0v) is 20.2. The summed E-state index contributed by atoms with van der Waals surface area (Å²) in [5, 5.41) is 15.5. The molecule has 2 N–H and O–H groups in total. The number of likely N-dealkylation sites (N-methyl/N-ethyl adjacent to an activating group) is 1. The Balaban J connectivity index is 1.47. The van der Waals surface area contributed by atoms with Crippen LogP contribution in [0.15, 0.2) is 90.3 Å². The van der Waals surface area contributed by atoms with Crippen molar-refractivity contribution >= 4 is 15.7 Å². The minimum atomic E-state index is -3.71. The van der Waals surface area contributed by atoms with Crippen LogP contribution < -0.4 is 4.72 Å². The molecule has 0 aliphatic rings. The number of sulfonamides is 1. The first-order chi connectivity index (χ1) is 17.1. The van der Waals surface area contributed by atoms with Gasteiger partial charge in [0.1, 0.15) is 29.9 Å². The van der Waals surface area contributed by atoms with Crippen molar-refractivity contribution in [1.29, 1.82) is 0 Å². The van der Waals surface area contributed by atoms with Crippen LogP contribution in [-0.2, 0) is 28.7 Å². The molecule has 1 aromatic heterocycles. The van der Waals surface area contributed by atoms with Crippen LogP contribution in [0, 0.1) is 11.6 Å². The summed E-state index contributed by atoms with van der Waals surface area (Å²) in [6, 6.07) is 17.9. The minimum Gasteiger partial charge on any atom is -0.382 e. The zero-order chi connectivity index (χ0) is 25.8. The second kappa shape index (κ2) is 10.5. The molecular weight excluding hydrogens is 488 g/mol. The van der Waals surface area contributed by atoms with Gasteiger partial charge in [-0.1, -0.05) is 36.4 Å². The molecule has 0 saturated carbocycles. The summed E-state index contributed by atoms with van der Waals surface area (Å²) in [6.07, 6.45) is 2.71. The van der Waals surface area contributed by atoms with Crippen molar-refractivity contribution in [2.75, 3.05) is 18.3 Å². The Kier molecular flexibility index (Phi) is 7.43. The second-order valence-corrected chi connectivity index (χ2v) is 10.2. The van der Waals surface area contributed by atoms with E-state index in [-0.39, 0.29) is 23.5 Å². The molecule has 1 unspecified atom stereocenters. The van der Waals surface area contributed by atoms with Crippen molar-refractivity contribution in [1.82, 2.24) is 19.7 Å². The lowest BCUT2D eigenvalue weighted by molar-refractivity contribution is -0.0175. The fourth-order valence-corrected chi connectivity index (χ4v) is 5.06. The van der Waals surface area contributed by atoms with Gasteiger partial charge in [0.05, 0.1) is 11.4 Å². The van der Waals surface area contributed by atoms with Gasteiger partial charge in [0.15, 0.2) is 0 Å². The predicted octanol–water partition coefficient (Wildman–Crippen LogP) is 3.38. The molecule has 0 fully saturated rings. The number of hydrogen-bond donors (Lipinski definition) is 2. The lowest BCUT2D eigenvalue weighted by Crippen LogP contribution is -2.43. The molecule has 4 rings (SSSR count). The van der Waals surface area contributed by atoms with E-state index in [1.54, 1.807) is 54.4 Å². The molecule has 0 aliphatic carbocycles. The van der Waals surface area contributed by atoms with Gasteiger partial charge in [0, 0.05) is 30.4 Å². The van der Waals surface area contributed by atoms with E-state index in [1.165, 1.54) is 35.5 Å². The molecule has 3 aromatic carbocycles. The molecule has 36 heavy (non-hydrogen) atoms. The third-order valence-corrected chi connectivity index (χ3v) is 6.96. The number of nitrogens with one attached hydrogen (secondary N) is 1. The molecule has 0 radical (unpaired) electrons. The number of aliphatic hydroxyl groups is 1. The number of anilines is 1. The molecule has 0 aliphatic heterocycles. The Morgan fingerprint density at radius 2 is 1.78 bits per heavy atom. The maximum atomic E-state index is 14.6. The van der Waals surface area contributed by atoms with Crippen molar-refractivity contribution in [3.63, 3.8) is 0 Å². The van der Waals surface area contributed by atoms with E-state index in [0.717, 1.165) is 17.7 Å². The van der Waals surface area contributed by atoms with Gasteiger partial charge in [0.25, 0.3) is 10.0 Å². The molecule has 8 nitrogen and oxygen atoms in total. The Labute approximate surface area is 207 Å². The van der Waals surface area contributed by atoms with Crippen LogP contribution in [0.25, 0.3) is 0 Å². The monoisotopic (exact) mass is 513 g/mol. The van der Waals surface area contributed by atoms with Gasteiger partial charge in [-0.2, -0.15) is 5.10 Å². The average molecular weight is 514 g/mol. The van der Waals surface area contributed by atoms with Gasteiger partial charge < -0.3 is 5.11 Å².